The molecule has 0 spiro atoms. The number of nitrogens with zero attached hydrogens (tertiary/aromatic N) is 2. The van der Waals surface area contributed by atoms with Crippen LogP contribution in [0.15, 0.2) is 42.5 Å². The Labute approximate surface area is 201 Å². The van der Waals surface area contributed by atoms with E-state index in [1.807, 2.05) is 34.1 Å². The number of methoxy groups -OCH3 is 2. The molecular formula is C27H33N3O4. The lowest BCUT2D eigenvalue weighted by molar-refractivity contribution is -0.148. The van der Waals surface area contributed by atoms with Crippen molar-refractivity contribution in [3.05, 3.63) is 59.2 Å². The highest BCUT2D eigenvalue weighted by molar-refractivity contribution is 5.84. The van der Waals surface area contributed by atoms with Crippen molar-refractivity contribution in [2.24, 2.45) is 5.92 Å². The number of fused-ring (bicyclic) bond motifs is 4. The molecule has 0 aromatic heterocycles. The molecule has 0 radical (unpaired) electrons. The highest BCUT2D eigenvalue weighted by Crippen LogP contribution is 2.48. The minimum Gasteiger partial charge on any atom is -0.493 e. The SMILES string of the molecule is COc1ccc2c(c1OC)[C@H]1C[C@@H]3[C@@H](CCCN3C(=O)NCCc3ccccc3)C(=O)N1CC2. The molecule has 0 saturated carbocycles. The Balaban J connectivity index is 1.37. The summed E-state index contributed by atoms with van der Waals surface area (Å²) in [4.78, 5) is 30.8. The van der Waals surface area contributed by atoms with Crippen LogP contribution < -0.4 is 14.8 Å². The van der Waals surface area contributed by atoms with Gasteiger partial charge >= 0.3 is 6.03 Å². The zero-order chi connectivity index (χ0) is 23.7. The maximum Gasteiger partial charge on any atom is 0.317 e. The van der Waals surface area contributed by atoms with Crippen molar-refractivity contribution in [2.45, 2.75) is 44.2 Å². The van der Waals surface area contributed by atoms with Crippen molar-refractivity contribution in [3.8, 4) is 11.5 Å². The van der Waals surface area contributed by atoms with Crippen molar-refractivity contribution in [1.29, 1.82) is 0 Å². The fourth-order valence-electron chi connectivity index (χ4n) is 6.03. The standard InChI is InChI=1S/C27H33N3O4/c1-33-23-11-10-19-13-16-29-22(24(19)25(23)34-2)17-21-20(26(29)31)9-6-15-30(21)27(32)28-14-12-18-7-4-3-5-8-18/h3-5,7-8,10-11,20-22H,6,9,12-17H2,1-2H3,(H,28,32)/t20-,21-,22-/m1/s1. The first-order valence-electron chi connectivity index (χ1n) is 12.2. The maximum absolute atomic E-state index is 13.6. The molecule has 3 amide bonds. The normalized spacial score (nSPS) is 23.5. The predicted octanol–water partition coefficient (Wildman–Crippen LogP) is 3.57. The zero-order valence-corrected chi connectivity index (χ0v) is 20.0. The van der Waals surface area contributed by atoms with Gasteiger partial charge in [-0.25, -0.2) is 4.79 Å². The number of amides is 3. The molecule has 3 aliphatic heterocycles. The van der Waals surface area contributed by atoms with E-state index in [0.717, 1.165) is 37.7 Å². The topological polar surface area (TPSA) is 71.1 Å². The van der Waals surface area contributed by atoms with E-state index < -0.39 is 0 Å². The first kappa shape index (κ1) is 22.6. The lowest BCUT2D eigenvalue weighted by Crippen LogP contribution is -2.61. The third-order valence-corrected chi connectivity index (χ3v) is 7.64. The van der Waals surface area contributed by atoms with Crippen molar-refractivity contribution in [3.63, 3.8) is 0 Å². The van der Waals surface area contributed by atoms with Crippen LogP contribution in [0, 0.1) is 5.92 Å². The Hall–Kier alpha value is -3.22. The molecule has 7 nitrogen and oxygen atoms in total. The van der Waals surface area contributed by atoms with E-state index in [1.165, 1.54) is 11.1 Å². The molecular weight excluding hydrogens is 430 g/mol. The van der Waals surface area contributed by atoms with Gasteiger partial charge in [-0.2, -0.15) is 0 Å². The summed E-state index contributed by atoms with van der Waals surface area (Å²) < 4.78 is 11.3. The summed E-state index contributed by atoms with van der Waals surface area (Å²) in [6.45, 7) is 1.97. The van der Waals surface area contributed by atoms with Gasteiger partial charge in [-0.1, -0.05) is 36.4 Å². The Kier molecular flexibility index (Phi) is 6.35. The van der Waals surface area contributed by atoms with Crippen LogP contribution in [-0.4, -0.2) is 61.6 Å². The summed E-state index contributed by atoms with van der Waals surface area (Å²) in [7, 11) is 3.28. The van der Waals surface area contributed by atoms with Crippen LogP contribution in [-0.2, 0) is 17.6 Å². The third-order valence-electron chi connectivity index (χ3n) is 7.64. The molecule has 3 atom stereocenters. The van der Waals surface area contributed by atoms with Gasteiger partial charge in [-0.05, 0) is 49.3 Å². The van der Waals surface area contributed by atoms with E-state index in [2.05, 4.69) is 23.5 Å². The Bertz CT molecular complexity index is 1060. The molecule has 34 heavy (non-hydrogen) atoms. The molecule has 7 heteroatoms. The summed E-state index contributed by atoms with van der Waals surface area (Å²) in [5, 5.41) is 3.10. The fourth-order valence-corrected chi connectivity index (χ4v) is 6.03. The molecule has 5 rings (SSSR count). The molecule has 3 heterocycles. The smallest absolute Gasteiger partial charge is 0.317 e. The third kappa shape index (κ3) is 3.97. The number of rotatable bonds is 5. The van der Waals surface area contributed by atoms with Gasteiger partial charge in [-0.3, -0.25) is 4.79 Å². The highest BCUT2D eigenvalue weighted by atomic mass is 16.5. The Morgan fingerprint density at radius 2 is 1.91 bits per heavy atom. The van der Waals surface area contributed by atoms with Gasteiger partial charge in [0.25, 0.3) is 0 Å². The van der Waals surface area contributed by atoms with Crippen LogP contribution in [0.25, 0.3) is 0 Å². The van der Waals surface area contributed by atoms with Crippen molar-refractivity contribution < 1.29 is 19.1 Å². The van der Waals surface area contributed by atoms with Gasteiger partial charge < -0.3 is 24.6 Å². The van der Waals surface area contributed by atoms with Crippen LogP contribution in [0.2, 0.25) is 0 Å². The van der Waals surface area contributed by atoms with Gasteiger partial charge in [0, 0.05) is 31.2 Å². The van der Waals surface area contributed by atoms with Gasteiger partial charge in [0.2, 0.25) is 5.91 Å². The van der Waals surface area contributed by atoms with E-state index in [-0.39, 0.29) is 29.9 Å². The molecule has 180 valence electrons. The summed E-state index contributed by atoms with van der Waals surface area (Å²) >= 11 is 0. The maximum atomic E-state index is 13.6. The Morgan fingerprint density at radius 1 is 1.09 bits per heavy atom. The van der Waals surface area contributed by atoms with Crippen molar-refractivity contribution in [2.75, 3.05) is 33.9 Å². The molecule has 3 aliphatic rings. The monoisotopic (exact) mass is 463 g/mol. The molecule has 0 unspecified atom stereocenters. The number of ether oxygens (including phenoxy) is 2. The first-order valence-corrected chi connectivity index (χ1v) is 12.2. The number of carbonyl (C=O) groups excluding carboxylic acids is 2. The van der Waals surface area contributed by atoms with E-state index in [1.54, 1.807) is 14.2 Å². The molecule has 2 saturated heterocycles. The van der Waals surface area contributed by atoms with Gasteiger partial charge in [0.05, 0.1) is 26.2 Å². The van der Waals surface area contributed by atoms with E-state index in [4.69, 9.17) is 9.47 Å². The van der Waals surface area contributed by atoms with Crippen LogP contribution >= 0.6 is 0 Å². The molecule has 2 fully saturated rings. The van der Waals surface area contributed by atoms with Crippen LogP contribution in [0.3, 0.4) is 0 Å². The number of benzene rings is 2. The van der Waals surface area contributed by atoms with Gasteiger partial charge in [0.15, 0.2) is 11.5 Å². The van der Waals surface area contributed by atoms with E-state index in [9.17, 15) is 9.59 Å². The number of urea groups is 1. The summed E-state index contributed by atoms with van der Waals surface area (Å²) in [5.74, 6) is 1.41. The number of likely N-dealkylation sites (tertiary alicyclic amines) is 1. The van der Waals surface area contributed by atoms with Crippen molar-refractivity contribution in [1.82, 2.24) is 15.1 Å². The van der Waals surface area contributed by atoms with Crippen LogP contribution in [0.5, 0.6) is 11.5 Å². The predicted molar refractivity (Wildman–Crippen MR) is 129 cm³/mol. The number of piperidine rings is 2. The second-order valence-corrected chi connectivity index (χ2v) is 9.38. The lowest BCUT2D eigenvalue weighted by atomic mass is 9.76. The average molecular weight is 464 g/mol. The molecule has 2 aromatic carbocycles. The van der Waals surface area contributed by atoms with E-state index >= 15 is 0 Å². The Morgan fingerprint density at radius 3 is 2.68 bits per heavy atom. The molecule has 1 N–H and O–H groups in total. The summed E-state index contributed by atoms with van der Waals surface area (Å²) in [6, 6.07) is 13.9. The number of nitrogens with one attached hydrogen (secondary N) is 1. The van der Waals surface area contributed by atoms with Crippen LogP contribution in [0.1, 0.15) is 42.0 Å². The van der Waals surface area contributed by atoms with Gasteiger partial charge in [0.1, 0.15) is 0 Å². The summed E-state index contributed by atoms with van der Waals surface area (Å²) in [5.41, 5.74) is 3.43. The second-order valence-electron chi connectivity index (χ2n) is 9.38. The summed E-state index contributed by atoms with van der Waals surface area (Å²) in [6.07, 6.45) is 4.00. The molecule has 0 aliphatic carbocycles. The minimum absolute atomic E-state index is 0.0690. The largest absolute Gasteiger partial charge is 0.493 e. The molecule has 2 aromatic rings. The average Bonchev–Trinajstić information content (AvgIpc) is 2.88. The fraction of sp³-hybridized carbons (Fsp3) is 0.481. The van der Waals surface area contributed by atoms with Gasteiger partial charge in [-0.15, -0.1) is 0 Å². The number of carbonyl (C=O) groups is 2. The molecule has 0 bridgehead atoms. The minimum atomic E-state index is -0.136. The first-order chi connectivity index (χ1) is 16.6. The van der Waals surface area contributed by atoms with Crippen molar-refractivity contribution >= 4 is 11.9 Å². The van der Waals surface area contributed by atoms with E-state index in [0.29, 0.717) is 31.1 Å². The number of hydrogen-bond donors (Lipinski definition) is 1. The highest BCUT2D eigenvalue weighted by Gasteiger charge is 2.49. The quantitative estimate of drug-likeness (QED) is 0.736. The second kappa shape index (κ2) is 9.57. The van der Waals surface area contributed by atoms with Crippen LogP contribution in [0.4, 0.5) is 4.79 Å². The zero-order valence-electron chi connectivity index (χ0n) is 20.0. The lowest BCUT2D eigenvalue weighted by Gasteiger charge is -2.51. The number of hydrogen-bond acceptors (Lipinski definition) is 4.